The van der Waals surface area contributed by atoms with Gasteiger partial charge in [0.1, 0.15) is 0 Å². The largest absolute Gasteiger partial charge is 0.494 e. The summed E-state index contributed by atoms with van der Waals surface area (Å²) in [4.78, 5) is 11.1. The molecule has 1 aromatic rings. The van der Waals surface area contributed by atoms with Crippen molar-refractivity contribution in [2.45, 2.75) is 45.8 Å². The van der Waals surface area contributed by atoms with E-state index in [2.05, 4.69) is 5.32 Å². The van der Waals surface area contributed by atoms with Crippen molar-refractivity contribution in [1.29, 1.82) is 0 Å². The maximum Gasteiger partial charge on any atom is 0.494 e. The minimum Gasteiger partial charge on any atom is -0.399 e. The molecule has 1 fully saturated rings. The van der Waals surface area contributed by atoms with Gasteiger partial charge >= 0.3 is 7.12 Å². The van der Waals surface area contributed by atoms with Crippen molar-refractivity contribution in [1.82, 2.24) is 0 Å². The number of anilines is 1. The highest BCUT2D eigenvalue weighted by Crippen LogP contribution is 2.36. The molecular weight excluding hydrogens is 276 g/mol. The molecule has 2 rings (SSSR count). The Hall–Kier alpha value is -1.04. The van der Waals surface area contributed by atoms with Crippen LogP contribution in [0.4, 0.5) is 5.69 Å². The third-order valence-corrected chi connectivity index (χ3v) is 4.14. The van der Waals surface area contributed by atoms with Crippen molar-refractivity contribution >= 4 is 35.8 Å². The number of hydrogen-bond donors (Lipinski definition) is 1. The Labute approximate surface area is 124 Å². The van der Waals surface area contributed by atoms with Crippen LogP contribution in [0.3, 0.4) is 0 Å². The number of halogens is 1. The molecule has 1 heterocycles. The van der Waals surface area contributed by atoms with Crippen LogP contribution >= 0.6 is 11.6 Å². The average molecular weight is 296 g/mol. The number of carbonyl (C=O) groups excluding carboxylic acids is 1. The van der Waals surface area contributed by atoms with Crippen molar-refractivity contribution in [2.75, 3.05) is 5.32 Å². The zero-order valence-electron chi connectivity index (χ0n) is 12.4. The topological polar surface area (TPSA) is 47.6 Å². The highest BCUT2D eigenvalue weighted by atomic mass is 35.5. The fraction of sp³-hybridized carbons (Fsp3) is 0.500. The molecule has 6 heteroatoms. The van der Waals surface area contributed by atoms with Gasteiger partial charge in [-0.25, -0.2) is 0 Å². The summed E-state index contributed by atoms with van der Waals surface area (Å²) in [6.07, 6.45) is 0. The summed E-state index contributed by atoms with van der Waals surface area (Å²) in [5, 5.41) is 3.14. The molecule has 1 amide bonds. The van der Waals surface area contributed by atoms with Crippen LogP contribution in [0, 0.1) is 0 Å². The molecule has 0 aromatic heterocycles. The highest BCUT2D eigenvalue weighted by molar-refractivity contribution is 6.62. The average Bonchev–Trinajstić information content (AvgIpc) is 2.50. The van der Waals surface area contributed by atoms with Gasteiger partial charge in [-0.1, -0.05) is 17.7 Å². The van der Waals surface area contributed by atoms with E-state index in [1.54, 1.807) is 12.1 Å². The molecule has 0 saturated carbocycles. The van der Waals surface area contributed by atoms with E-state index >= 15 is 0 Å². The molecule has 0 bridgehead atoms. The summed E-state index contributed by atoms with van der Waals surface area (Å²) in [5.41, 5.74) is 0.642. The summed E-state index contributed by atoms with van der Waals surface area (Å²) in [6, 6.07) is 5.36. The van der Waals surface area contributed by atoms with Gasteiger partial charge < -0.3 is 14.6 Å². The second-order valence-corrected chi connectivity index (χ2v) is 6.42. The van der Waals surface area contributed by atoms with E-state index in [-0.39, 0.29) is 17.1 Å². The second-order valence-electron chi connectivity index (χ2n) is 6.01. The van der Waals surface area contributed by atoms with Crippen LogP contribution in [-0.4, -0.2) is 24.2 Å². The van der Waals surface area contributed by atoms with Crippen LogP contribution < -0.4 is 10.8 Å². The quantitative estimate of drug-likeness (QED) is 0.853. The summed E-state index contributed by atoms with van der Waals surface area (Å²) in [5.74, 6) is -0.157. The Kier molecular flexibility index (Phi) is 3.89. The Morgan fingerprint density at radius 2 is 1.75 bits per heavy atom. The van der Waals surface area contributed by atoms with E-state index in [0.29, 0.717) is 10.7 Å². The molecule has 4 nitrogen and oxygen atoms in total. The normalized spacial score (nSPS) is 20.0. The number of benzene rings is 1. The summed E-state index contributed by atoms with van der Waals surface area (Å²) in [6.45, 7) is 9.44. The zero-order chi connectivity index (χ0) is 15.1. The molecule has 0 spiro atoms. The van der Waals surface area contributed by atoms with E-state index in [4.69, 9.17) is 20.9 Å². The Balaban J connectivity index is 2.24. The van der Waals surface area contributed by atoms with Gasteiger partial charge in [0.25, 0.3) is 0 Å². The van der Waals surface area contributed by atoms with Crippen LogP contribution in [-0.2, 0) is 14.1 Å². The highest BCUT2D eigenvalue weighted by Gasteiger charge is 2.51. The van der Waals surface area contributed by atoms with Gasteiger partial charge in [-0.15, -0.1) is 0 Å². The summed E-state index contributed by atoms with van der Waals surface area (Å²) in [7, 11) is -0.455. The van der Waals surface area contributed by atoms with Crippen molar-refractivity contribution < 1.29 is 14.1 Å². The van der Waals surface area contributed by atoms with Gasteiger partial charge in [-0.3, -0.25) is 4.79 Å². The van der Waals surface area contributed by atoms with Crippen molar-refractivity contribution in [2.24, 2.45) is 0 Å². The standard InChI is InChI=1S/C14H19BClNO3/c1-9(18)17-12-7-6-10(8-11(12)16)15-19-13(2,3)14(4,5)20-15/h6-8H,1-5H3,(H,17,18). The van der Waals surface area contributed by atoms with Crippen LogP contribution in [0.5, 0.6) is 0 Å². The van der Waals surface area contributed by atoms with Gasteiger partial charge in [-0.05, 0) is 45.3 Å². The molecule has 1 aliphatic heterocycles. The first-order valence-corrected chi connectivity index (χ1v) is 6.93. The molecule has 1 saturated heterocycles. The van der Waals surface area contributed by atoms with Crippen molar-refractivity contribution in [3.05, 3.63) is 23.2 Å². The molecule has 1 aromatic carbocycles. The van der Waals surface area contributed by atoms with Gasteiger partial charge in [0.05, 0.1) is 21.9 Å². The van der Waals surface area contributed by atoms with Crippen LogP contribution in [0.1, 0.15) is 34.6 Å². The number of nitrogens with one attached hydrogen (secondary N) is 1. The molecule has 20 heavy (non-hydrogen) atoms. The number of rotatable bonds is 2. The lowest BCUT2D eigenvalue weighted by Crippen LogP contribution is -2.41. The predicted molar refractivity (Wildman–Crippen MR) is 81.5 cm³/mol. The molecular formula is C14H19BClNO3. The maximum atomic E-state index is 11.1. The molecule has 0 atom stereocenters. The van der Waals surface area contributed by atoms with E-state index in [1.807, 2.05) is 33.8 Å². The monoisotopic (exact) mass is 295 g/mol. The van der Waals surface area contributed by atoms with E-state index in [1.165, 1.54) is 6.92 Å². The lowest BCUT2D eigenvalue weighted by molar-refractivity contribution is -0.114. The molecule has 0 aliphatic carbocycles. The van der Waals surface area contributed by atoms with Gasteiger partial charge in [-0.2, -0.15) is 0 Å². The predicted octanol–water partition coefficient (Wildman–Crippen LogP) is 2.60. The molecule has 1 N–H and O–H groups in total. The lowest BCUT2D eigenvalue weighted by atomic mass is 9.79. The fourth-order valence-corrected chi connectivity index (χ4v) is 2.18. The third kappa shape index (κ3) is 2.85. The SMILES string of the molecule is CC(=O)Nc1ccc(B2OC(C)(C)C(C)(C)O2)cc1Cl. The number of carbonyl (C=O) groups is 1. The molecule has 0 unspecified atom stereocenters. The molecule has 1 aliphatic rings. The lowest BCUT2D eigenvalue weighted by Gasteiger charge is -2.32. The van der Waals surface area contributed by atoms with Crippen molar-refractivity contribution in [3.63, 3.8) is 0 Å². The zero-order valence-corrected chi connectivity index (χ0v) is 13.2. The maximum absolute atomic E-state index is 11.1. The van der Waals surface area contributed by atoms with E-state index in [9.17, 15) is 4.79 Å². The smallest absolute Gasteiger partial charge is 0.399 e. The first-order valence-electron chi connectivity index (χ1n) is 6.55. The van der Waals surface area contributed by atoms with Crippen LogP contribution in [0.2, 0.25) is 5.02 Å². The molecule has 108 valence electrons. The molecule has 0 radical (unpaired) electrons. The third-order valence-electron chi connectivity index (χ3n) is 3.83. The van der Waals surface area contributed by atoms with Gasteiger partial charge in [0.2, 0.25) is 5.91 Å². The van der Waals surface area contributed by atoms with Gasteiger partial charge in [0.15, 0.2) is 0 Å². The summed E-state index contributed by atoms with van der Waals surface area (Å²) >= 11 is 6.17. The Morgan fingerprint density at radius 3 is 2.20 bits per heavy atom. The van der Waals surface area contributed by atoms with E-state index in [0.717, 1.165) is 5.46 Å². The Morgan fingerprint density at radius 1 is 1.20 bits per heavy atom. The van der Waals surface area contributed by atoms with Crippen LogP contribution in [0.15, 0.2) is 18.2 Å². The second kappa shape index (κ2) is 5.06. The minimum absolute atomic E-state index is 0.157. The first-order chi connectivity index (χ1) is 9.12. The fourth-order valence-electron chi connectivity index (χ4n) is 1.95. The summed E-state index contributed by atoms with van der Waals surface area (Å²) < 4.78 is 11.9. The number of hydrogen-bond acceptors (Lipinski definition) is 3. The number of amides is 1. The van der Waals surface area contributed by atoms with Crippen molar-refractivity contribution in [3.8, 4) is 0 Å². The Bertz CT molecular complexity index is 529. The van der Waals surface area contributed by atoms with Gasteiger partial charge in [0, 0.05) is 6.92 Å². The minimum atomic E-state index is -0.455. The first kappa shape index (κ1) is 15.4. The van der Waals surface area contributed by atoms with E-state index < -0.39 is 7.12 Å². The van der Waals surface area contributed by atoms with Crippen LogP contribution in [0.25, 0.3) is 0 Å².